The van der Waals surface area contributed by atoms with Crippen molar-refractivity contribution >= 4 is 22.6 Å². The molecule has 4 heteroatoms. The van der Waals surface area contributed by atoms with Crippen LogP contribution in [0.3, 0.4) is 0 Å². The average molecular weight is 373 g/mol. The number of halogens is 3. The molecule has 1 nitrogen and oxygen atoms in total. The van der Waals surface area contributed by atoms with Crippen molar-refractivity contribution in [2.75, 3.05) is 7.05 Å². The highest BCUT2D eigenvalue weighted by atomic mass is 127. The van der Waals surface area contributed by atoms with E-state index in [0.717, 1.165) is 15.2 Å². The van der Waals surface area contributed by atoms with E-state index in [4.69, 9.17) is 0 Å². The molecule has 19 heavy (non-hydrogen) atoms. The van der Waals surface area contributed by atoms with Crippen molar-refractivity contribution < 1.29 is 8.78 Å². The first-order chi connectivity index (χ1) is 9.08. The molecule has 0 saturated heterocycles. The van der Waals surface area contributed by atoms with E-state index >= 15 is 0 Å². The first kappa shape index (κ1) is 14.4. The maximum atomic E-state index is 13.2. The molecule has 1 N–H and O–H groups in total. The van der Waals surface area contributed by atoms with Gasteiger partial charge in [-0.05, 0) is 71.5 Å². The van der Waals surface area contributed by atoms with E-state index < -0.39 is 11.6 Å². The summed E-state index contributed by atoms with van der Waals surface area (Å²) in [6.07, 6.45) is 0.547. The lowest BCUT2D eigenvalue weighted by atomic mass is 9.99. The number of hydrogen-bond donors (Lipinski definition) is 1. The van der Waals surface area contributed by atoms with Crippen LogP contribution in [0.5, 0.6) is 0 Å². The maximum absolute atomic E-state index is 13.2. The Morgan fingerprint density at radius 3 is 2.37 bits per heavy atom. The molecule has 1 unspecified atom stereocenters. The van der Waals surface area contributed by atoms with Crippen molar-refractivity contribution in [3.8, 4) is 0 Å². The Morgan fingerprint density at radius 2 is 1.79 bits per heavy atom. The highest BCUT2D eigenvalue weighted by Crippen LogP contribution is 2.21. The highest BCUT2D eigenvalue weighted by Gasteiger charge is 2.11. The second kappa shape index (κ2) is 6.43. The first-order valence-corrected chi connectivity index (χ1v) is 7.04. The molecule has 0 aliphatic carbocycles. The van der Waals surface area contributed by atoms with Crippen LogP contribution in [0.25, 0.3) is 0 Å². The Balaban J connectivity index is 2.23. The quantitative estimate of drug-likeness (QED) is 0.797. The molecule has 0 bridgehead atoms. The Bertz CT molecular complexity index is 552. The molecule has 0 saturated carbocycles. The van der Waals surface area contributed by atoms with Crippen LogP contribution in [-0.2, 0) is 6.42 Å². The molecule has 0 aliphatic rings. The second-order valence-electron chi connectivity index (χ2n) is 4.38. The molecular weight excluding hydrogens is 359 g/mol. The molecule has 0 radical (unpaired) electrons. The number of benzene rings is 2. The topological polar surface area (TPSA) is 12.0 Å². The van der Waals surface area contributed by atoms with Gasteiger partial charge in [-0.15, -0.1) is 0 Å². The minimum absolute atomic E-state index is 0.0379. The third kappa shape index (κ3) is 3.98. The summed E-state index contributed by atoms with van der Waals surface area (Å²) in [5.74, 6) is -1.07. The van der Waals surface area contributed by atoms with Crippen LogP contribution >= 0.6 is 22.6 Å². The Labute approximate surface area is 125 Å². The van der Waals surface area contributed by atoms with Gasteiger partial charge in [-0.2, -0.15) is 0 Å². The summed E-state index contributed by atoms with van der Waals surface area (Å²) in [4.78, 5) is 0. The van der Waals surface area contributed by atoms with Crippen LogP contribution in [0.1, 0.15) is 17.2 Å². The summed E-state index contributed by atoms with van der Waals surface area (Å²) in [5.41, 5.74) is 1.76. The van der Waals surface area contributed by atoms with Crippen molar-refractivity contribution in [2.45, 2.75) is 12.5 Å². The van der Waals surface area contributed by atoms with Crippen molar-refractivity contribution in [1.29, 1.82) is 0 Å². The molecule has 0 heterocycles. The van der Waals surface area contributed by atoms with Crippen molar-refractivity contribution in [3.63, 3.8) is 0 Å². The Kier molecular flexibility index (Phi) is 4.87. The van der Waals surface area contributed by atoms with E-state index in [2.05, 4.69) is 34.0 Å². The van der Waals surface area contributed by atoms with E-state index in [-0.39, 0.29) is 6.04 Å². The number of rotatable bonds is 4. The van der Waals surface area contributed by atoms with E-state index in [9.17, 15) is 8.78 Å². The molecule has 2 rings (SSSR count). The monoisotopic (exact) mass is 373 g/mol. The normalized spacial score (nSPS) is 12.4. The molecule has 1 atom stereocenters. The maximum Gasteiger partial charge on any atom is 0.126 e. The molecule has 0 fully saturated rings. The van der Waals surface area contributed by atoms with Gasteiger partial charge in [0.2, 0.25) is 0 Å². The predicted molar refractivity (Wildman–Crippen MR) is 81.0 cm³/mol. The van der Waals surface area contributed by atoms with Gasteiger partial charge in [-0.1, -0.05) is 12.1 Å². The van der Waals surface area contributed by atoms with E-state index in [1.807, 2.05) is 25.2 Å². The molecule has 0 spiro atoms. The standard InChI is InChI=1S/C15H14F2IN/c1-19-15(11-3-2-4-14(18)8-11)7-10-5-12(16)9-13(17)6-10/h2-6,8-9,15,19H,7H2,1H3. The van der Waals surface area contributed by atoms with Gasteiger partial charge >= 0.3 is 0 Å². The van der Waals surface area contributed by atoms with Gasteiger partial charge in [0.1, 0.15) is 11.6 Å². The second-order valence-corrected chi connectivity index (χ2v) is 5.62. The van der Waals surface area contributed by atoms with Crippen LogP contribution < -0.4 is 5.32 Å². The van der Waals surface area contributed by atoms with Gasteiger partial charge < -0.3 is 5.32 Å². The van der Waals surface area contributed by atoms with E-state index in [0.29, 0.717) is 12.0 Å². The lowest BCUT2D eigenvalue weighted by Gasteiger charge is -2.17. The van der Waals surface area contributed by atoms with Gasteiger partial charge in [0, 0.05) is 15.7 Å². The summed E-state index contributed by atoms with van der Waals surface area (Å²) in [7, 11) is 1.85. The molecular formula is C15H14F2IN. The van der Waals surface area contributed by atoms with E-state index in [1.165, 1.54) is 12.1 Å². The van der Waals surface area contributed by atoms with Gasteiger partial charge in [-0.3, -0.25) is 0 Å². The molecule has 0 amide bonds. The van der Waals surface area contributed by atoms with Crippen LogP contribution in [-0.4, -0.2) is 7.05 Å². The fourth-order valence-corrected chi connectivity index (χ4v) is 2.64. The van der Waals surface area contributed by atoms with Crippen LogP contribution in [0.4, 0.5) is 8.78 Å². The molecule has 2 aromatic rings. The van der Waals surface area contributed by atoms with Crippen LogP contribution in [0.15, 0.2) is 42.5 Å². The minimum Gasteiger partial charge on any atom is -0.313 e. The van der Waals surface area contributed by atoms with Crippen molar-refractivity contribution in [2.24, 2.45) is 0 Å². The van der Waals surface area contributed by atoms with Gasteiger partial charge in [0.25, 0.3) is 0 Å². The molecule has 2 aromatic carbocycles. The molecule has 0 aliphatic heterocycles. The predicted octanol–water partition coefficient (Wildman–Crippen LogP) is 4.07. The van der Waals surface area contributed by atoms with Crippen LogP contribution in [0.2, 0.25) is 0 Å². The molecule has 100 valence electrons. The lowest BCUT2D eigenvalue weighted by molar-refractivity contribution is 0.562. The smallest absolute Gasteiger partial charge is 0.126 e. The zero-order valence-corrected chi connectivity index (χ0v) is 12.6. The zero-order chi connectivity index (χ0) is 13.8. The minimum atomic E-state index is -0.535. The largest absolute Gasteiger partial charge is 0.313 e. The number of likely N-dealkylation sites (N-methyl/N-ethyl adjacent to an activating group) is 1. The van der Waals surface area contributed by atoms with Gasteiger partial charge in [0.15, 0.2) is 0 Å². The fourth-order valence-electron chi connectivity index (χ4n) is 2.07. The fraction of sp³-hybridized carbons (Fsp3) is 0.200. The van der Waals surface area contributed by atoms with E-state index in [1.54, 1.807) is 0 Å². The van der Waals surface area contributed by atoms with Gasteiger partial charge in [-0.25, -0.2) is 8.78 Å². The highest BCUT2D eigenvalue weighted by molar-refractivity contribution is 14.1. The van der Waals surface area contributed by atoms with Gasteiger partial charge in [0.05, 0.1) is 0 Å². The molecule has 0 aromatic heterocycles. The number of hydrogen-bond acceptors (Lipinski definition) is 1. The SMILES string of the molecule is CNC(Cc1cc(F)cc(F)c1)c1cccc(I)c1. The Morgan fingerprint density at radius 1 is 1.11 bits per heavy atom. The third-order valence-corrected chi connectivity index (χ3v) is 3.63. The summed E-state index contributed by atoms with van der Waals surface area (Å²) in [6.45, 7) is 0. The van der Waals surface area contributed by atoms with Crippen molar-refractivity contribution in [3.05, 3.63) is 68.8 Å². The number of nitrogens with one attached hydrogen (secondary N) is 1. The third-order valence-electron chi connectivity index (χ3n) is 2.96. The zero-order valence-electron chi connectivity index (χ0n) is 10.5. The summed E-state index contributed by atoms with van der Waals surface area (Å²) in [6, 6.07) is 11.8. The van der Waals surface area contributed by atoms with Crippen LogP contribution in [0, 0.1) is 15.2 Å². The summed E-state index contributed by atoms with van der Waals surface area (Å²) in [5, 5.41) is 3.18. The Hall–Kier alpha value is -1.01. The lowest BCUT2D eigenvalue weighted by Crippen LogP contribution is -2.19. The first-order valence-electron chi connectivity index (χ1n) is 5.96. The summed E-state index contributed by atoms with van der Waals surface area (Å²) >= 11 is 2.25. The van der Waals surface area contributed by atoms with Crippen molar-refractivity contribution in [1.82, 2.24) is 5.32 Å². The average Bonchev–Trinajstić information content (AvgIpc) is 2.34. The summed E-state index contributed by atoms with van der Waals surface area (Å²) < 4.78 is 27.5.